The Labute approximate surface area is 244 Å². The fourth-order valence-corrected chi connectivity index (χ4v) is 6.70. The molecule has 2 aromatic heterocycles. The molecule has 216 valence electrons. The van der Waals surface area contributed by atoms with E-state index in [1.807, 2.05) is 25.2 Å². The molecule has 2 aliphatic heterocycles. The number of imide groups is 1. The molecule has 1 unspecified atom stereocenters. The van der Waals surface area contributed by atoms with Crippen molar-refractivity contribution in [2.24, 2.45) is 5.92 Å². The van der Waals surface area contributed by atoms with Crippen molar-refractivity contribution in [3.8, 4) is 11.3 Å². The van der Waals surface area contributed by atoms with Gasteiger partial charge >= 0.3 is 0 Å². The third kappa shape index (κ3) is 4.78. The van der Waals surface area contributed by atoms with E-state index >= 15 is 0 Å². The van der Waals surface area contributed by atoms with Gasteiger partial charge in [-0.1, -0.05) is 12.1 Å². The molecule has 0 radical (unpaired) electrons. The molecule has 10 nitrogen and oxygen atoms in total. The largest absolute Gasteiger partial charge is 0.387 e. The van der Waals surface area contributed by atoms with E-state index in [0.29, 0.717) is 36.4 Å². The molecule has 2 saturated carbocycles. The molecular weight excluding hydrogens is 530 g/mol. The minimum Gasteiger partial charge on any atom is -0.387 e. The first-order valence-electron chi connectivity index (χ1n) is 15.0. The maximum absolute atomic E-state index is 13.0. The Morgan fingerprint density at radius 3 is 2.69 bits per heavy atom. The summed E-state index contributed by atoms with van der Waals surface area (Å²) in [6.07, 6.45) is 12.5. The average molecular weight is 566 g/mol. The number of hydrogen-bond acceptors (Lipinski definition) is 7. The number of aromatic nitrogens is 3. The zero-order valence-electron chi connectivity index (χ0n) is 23.7. The van der Waals surface area contributed by atoms with Crippen LogP contribution in [0.1, 0.15) is 89.6 Å². The van der Waals surface area contributed by atoms with E-state index < -0.39 is 6.04 Å². The summed E-state index contributed by atoms with van der Waals surface area (Å²) in [5.74, 6) is 0.368. The molecule has 3 N–H and O–H groups in total. The van der Waals surface area contributed by atoms with Crippen molar-refractivity contribution in [1.29, 1.82) is 5.41 Å². The van der Waals surface area contributed by atoms with Gasteiger partial charge in [0.1, 0.15) is 6.04 Å². The van der Waals surface area contributed by atoms with Gasteiger partial charge < -0.3 is 15.6 Å². The molecule has 10 heteroatoms. The van der Waals surface area contributed by atoms with Crippen LogP contribution in [-0.2, 0) is 22.6 Å². The van der Waals surface area contributed by atoms with Gasteiger partial charge in [-0.25, -0.2) is 0 Å². The fraction of sp³-hybridized carbons (Fsp3) is 0.438. The number of hydrogen-bond donors (Lipinski definition) is 3. The first-order chi connectivity index (χ1) is 20.4. The van der Waals surface area contributed by atoms with E-state index in [4.69, 9.17) is 10.5 Å². The monoisotopic (exact) mass is 565 g/mol. The van der Waals surface area contributed by atoms with Crippen LogP contribution in [0.25, 0.3) is 11.3 Å². The Morgan fingerprint density at radius 2 is 1.95 bits per heavy atom. The summed E-state index contributed by atoms with van der Waals surface area (Å²) >= 11 is 0. The van der Waals surface area contributed by atoms with Crippen LogP contribution in [-0.4, -0.2) is 56.7 Å². The topological polar surface area (TPSA) is 133 Å². The molecule has 1 aromatic carbocycles. The zero-order valence-corrected chi connectivity index (χ0v) is 23.7. The quantitative estimate of drug-likeness (QED) is 0.263. The number of pyridine rings is 1. The van der Waals surface area contributed by atoms with Crippen molar-refractivity contribution in [1.82, 2.24) is 25.0 Å². The molecule has 3 fully saturated rings. The van der Waals surface area contributed by atoms with Gasteiger partial charge in [-0.3, -0.25) is 29.4 Å². The summed E-state index contributed by atoms with van der Waals surface area (Å²) in [5.41, 5.74) is 7.67. The molecular formula is C32H35N7O3. The van der Waals surface area contributed by atoms with Crippen molar-refractivity contribution in [2.75, 3.05) is 12.4 Å². The second-order valence-corrected chi connectivity index (χ2v) is 12.2. The predicted octanol–water partition coefficient (Wildman–Crippen LogP) is 4.21. The Balaban J connectivity index is 0.977. The lowest BCUT2D eigenvalue weighted by molar-refractivity contribution is -0.136. The van der Waals surface area contributed by atoms with Crippen LogP contribution in [0, 0.1) is 11.3 Å². The molecule has 42 heavy (non-hydrogen) atoms. The van der Waals surface area contributed by atoms with Gasteiger partial charge in [0.15, 0.2) is 0 Å². The van der Waals surface area contributed by atoms with Crippen LogP contribution in [0.4, 0.5) is 5.69 Å². The van der Waals surface area contributed by atoms with Gasteiger partial charge in [-0.15, -0.1) is 0 Å². The van der Waals surface area contributed by atoms with Crippen molar-refractivity contribution >= 4 is 29.6 Å². The van der Waals surface area contributed by atoms with E-state index in [0.717, 1.165) is 59.4 Å². The third-order valence-electron chi connectivity index (χ3n) is 9.37. The van der Waals surface area contributed by atoms with Gasteiger partial charge in [0.2, 0.25) is 11.8 Å². The number of amides is 3. The van der Waals surface area contributed by atoms with Gasteiger partial charge in [0.25, 0.3) is 5.91 Å². The Bertz CT molecular complexity index is 1600. The van der Waals surface area contributed by atoms with E-state index in [1.165, 1.54) is 24.6 Å². The van der Waals surface area contributed by atoms with E-state index in [9.17, 15) is 14.4 Å². The molecule has 0 bridgehead atoms. The minimum absolute atomic E-state index is 0.125. The third-order valence-corrected chi connectivity index (χ3v) is 9.37. The number of nitrogens with zero attached hydrogens (tertiary/aromatic N) is 4. The second kappa shape index (κ2) is 10.5. The number of fused-ring (bicyclic) bond motifs is 1. The van der Waals surface area contributed by atoms with Gasteiger partial charge in [0.05, 0.1) is 17.4 Å². The lowest BCUT2D eigenvalue weighted by atomic mass is 9.77. The van der Waals surface area contributed by atoms with E-state index in [-0.39, 0.29) is 24.1 Å². The number of nitrogens with one attached hydrogen (secondary N) is 3. The van der Waals surface area contributed by atoms with Crippen LogP contribution < -0.4 is 10.6 Å². The number of piperidine rings is 1. The summed E-state index contributed by atoms with van der Waals surface area (Å²) in [7, 11) is 1.87. The highest BCUT2D eigenvalue weighted by Crippen LogP contribution is 2.46. The maximum atomic E-state index is 13.0. The van der Waals surface area contributed by atoms with Gasteiger partial charge in [-0.2, -0.15) is 5.10 Å². The molecule has 0 spiro atoms. The number of anilines is 1. The molecule has 4 aliphatic rings. The normalized spacial score (nSPS) is 23.4. The summed E-state index contributed by atoms with van der Waals surface area (Å²) in [6.45, 7) is 0.416. The lowest BCUT2D eigenvalue weighted by Gasteiger charge is -2.35. The van der Waals surface area contributed by atoms with Crippen LogP contribution in [0.2, 0.25) is 0 Å². The predicted molar refractivity (Wildman–Crippen MR) is 157 cm³/mol. The standard InChI is InChI=1S/C32H35N7O3/c1-34-26-13-27(35-15-22(26)14-33)25-17-39(37-30(25)20-5-6-20)23-11-19(12-23)3-2-18-4-7-24-21(10-18)16-38(32(24)42)28-8-9-29(40)36-31(28)41/h4,7,10,13-15,17,19-20,23,28,33H,2-3,5-6,8-9,11-12,16H2,1H3,(H,34,35)(H,36,40,41). The van der Waals surface area contributed by atoms with Crippen molar-refractivity contribution in [3.63, 3.8) is 0 Å². The molecule has 3 aromatic rings. The highest BCUT2D eigenvalue weighted by Gasteiger charge is 2.39. The number of aryl methyl sites for hydroxylation is 1. The Morgan fingerprint density at radius 1 is 1.12 bits per heavy atom. The summed E-state index contributed by atoms with van der Waals surface area (Å²) < 4.78 is 2.16. The first kappa shape index (κ1) is 26.6. The number of carbonyl (C=O) groups excluding carboxylic acids is 3. The maximum Gasteiger partial charge on any atom is 0.255 e. The molecule has 4 heterocycles. The smallest absolute Gasteiger partial charge is 0.255 e. The van der Waals surface area contributed by atoms with Gasteiger partial charge in [-0.05, 0) is 74.1 Å². The first-order valence-corrected chi connectivity index (χ1v) is 15.0. The minimum atomic E-state index is -0.580. The Hall–Kier alpha value is -4.34. The molecule has 3 amide bonds. The average Bonchev–Trinajstić information content (AvgIpc) is 3.65. The fourth-order valence-electron chi connectivity index (χ4n) is 6.70. The summed E-state index contributed by atoms with van der Waals surface area (Å²) in [6, 6.07) is 7.89. The van der Waals surface area contributed by atoms with Crippen LogP contribution >= 0.6 is 0 Å². The summed E-state index contributed by atoms with van der Waals surface area (Å²) in [4.78, 5) is 43.1. The van der Waals surface area contributed by atoms with Crippen LogP contribution in [0.15, 0.2) is 36.7 Å². The Kier molecular flexibility index (Phi) is 6.63. The number of rotatable bonds is 9. The SMILES string of the molecule is CNc1cc(-c2cn(C3CC(CCc4ccc5c(c4)CN(C4CCC(=O)NC4=O)C5=O)C3)nc2C2CC2)ncc1C=N. The zero-order chi connectivity index (χ0) is 29.0. The van der Waals surface area contributed by atoms with Crippen molar-refractivity contribution in [2.45, 2.75) is 75.9 Å². The molecule has 2 aliphatic carbocycles. The molecule has 7 rings (SSSR count). The highest BCUT2D eigenvalue weighted by molar-refractivity contribution is 6.05. The molecule has 1 atom stereocenters. The number of benzene rings is 1. The van der Waals surface area contributed by atoms with Crippen molar-refractivity contribution in [3.05, 3.63) is 64.6 Å². The lowest BCUT2D eigenvalue weighted by Crippen LogP contribution is -2.52. The molecule has 1 saturated heterocycles. The summed E-state index contributed by atoms with van der Waals surface area (Å²) in [5, 5.41) is 18.2. The van der Waals surface area contributed by atoms with Crippen LogP contribution in [0.5, 0.6) is 0 Å². The highest BCUT2D eigenvalue weighted by atomic mass is 16.2. The number of carbonyl (C=O) groups is 3. The van der Waals surface area contributed by atoms with E-state index in [1.54, 1.807) is 11.1 Å². The van der Waals surface area contributed by atoms with Gasteiger partial charge in [0, 0.05) is 66.9 Å². The van der Waals surface area contributed by atoms with E-state index in [2.05, 4.69) is 32.6 Å². The second-order valence-electron chi connectivity index (χ2n) is 12.2. The van der Waals surface area contributed by atoms with Crippen molar-refractivity contribution < 1.29 is 14.4 Å². The van der Waals surface area contributed by atoms with Crippen LogP contribution in [0.3, 0.4) is 0 Å².